The normalized spacial score (nSPS) is 16.4. The molecule has 1 aromatic carbocycles. The van der Waals surface area contributed by atoms with Gasteiger partial charge in [-0.2, -0.15) is 0 Å². The monoisotopic (exact) mass is 324 g/mol. The van der Waals surface area contributed by atoms with Gasteiger partial charge in [-0.1, -0.05) is 30.3 Å². The molecule has 122 valence electrons. The van der Waals surface area contributed by atoms with Gasteiger partial charge in [-0.3, -0.25) is 4.79 Å². The number of hydrogen-bond acceptors (Lipinski definition) is 4. The molecule has 1 heterocycles. The fraction of sp³-hybridized carbons (Fsp3) is 0.562. The van der Waals surface area contributed by atoms with Gasteiger partial charge in [0.05, 0.1) is 5.75 Å². The molecule has 0 saturated carbocycles. The number of benzene rings is 1. The first kappa shape index (κ1) is 17.0. The van der Waals surface area contributed by atoms with Crippen LogP contribution in [0.15, 0.2) is 30.3 Å². The summed E-state index contributed by atoms with van der Waals surface area (Å²) in [6.07, 6.45) is 2.99. The van der Waals surface area contributed by atoms with Crippen LogP contribution in [0.1, 0.15) is 24.8 Å². The van der Waals surface area contributed by atoms with Gasteiger partial charge in [0.15, 0.2) is 9.84 Å². The average molecular weight is 324 g/mol. The van der Waals surface area contributed by atoms with Gasteiger partial charge < -0.3 is 10.6 Å². The molecule has 0 radical (unpaired) electrons. The third kappa shape index (κ3) is 6.15. The molecule has 22 heavy (non-hydrogen) atoms. The summed E-state index contributed by atoms with van der Waals surface area (Å²) in [7, 11) is -3.33. The molecule has 0 bridgehead atoms. The molecule has 1 saturated heterocycles. The van der Waals surface area contributed by atoms with Gasteiger partial charge in [-0.05, 0) is 44.3 Å². The maximum atomic E-state index is 12.0. The molecule has 0 aromatic heterocycles. The van der Waals surface area contributed by atoms with E-state index in [1.165, 1.54) is 0 Å². The summed E-state index contributed by atoms with van der Waals surface area (Å²) in [4.78, 5) is 11.8. The van der Waals surface area contributed by atoms with Crippen LogP contribution in [0, 0.1) is 0 Å². The average Bonchev–Trinajstić information content (AvgIpc) is 2.48. The fourth-order valence-corrected chi connectivity index (χ4v) is 3.86. The van der Waals surface area contributed by atoms with Crippen LogP contribution in [0.25, 0.3) is 0 Å². The van der Waals surface area contributed by atoms with Crippen molar-refractivity contribution in [2.45, 2.75) is 31.7 Å². The molecular formula is C16H24N2O3S. The van der Waals surface area contributed by atoms with Crippen LogP contribution in [-0.2, 0) is 21.1 Å². The van der Waals surface area contributed by atoms with E-state index in [4.69, 9.17) is 0 Å². The van der Waals surface area contributed by atoms with Crippen molar-refractivity contribution in [3.63, 3.8) is 0 Å². The van der Waals surface area contributed by atoms with Crippen molar-refractivity contribution < 1.29 is 13.2 Å². The van der Waals surface area contributed by atoms with Crippen LogP contribution in [0.5, 0.6) is 0 Å². The molecule has 1 aliphatic heterocycles. The van der Waals surface area contributed by atoms with E-state index in [2.05, 4.69) is 10.6 Å². The highest BCUT2D eigenvalue weighted by Gasteiger charge is 2.20. The lowest BCUT2D eigenvalue weighted by molar-refractivity contribution is -0.119. The second-order valence-corrected chi connectivity index (χ2v) is 7.96. The second-order valence-electron chi connectivity index (χ2n) is 5.77. The maximum Gasteiger partial charge on any atom is 0.235 e. The third-order valence-corrected chi connectivity index (χ3v) is 5.43. The molecule has 6 heteroatoms. The number of nitrogens with one attached hydrogen (secondary N) is 2. The predicted octanol–water partition coefficient (Wildman–Crippen LogP) is 0.902. The summed E-state index contributed by atoms with van der Waals surface area (Å²) in [6, 6.07) is 9.89. The van der Waals surface area contributed by atoms with E-state index in [0.717, 1.165) is 37.9 Å². The van der Waals surface area contributed by atoms with Crippen LogP contribution in [0.2, 0.25) is 0 Å². The molecule has 1 aliphatic rings. The molecular weight excluding hydrogens is 300 g/mol. The van der Waals surface area contributed by atoms with Crippen molar-refractivity contribution in [2.75, 3.05) is 24.6 Å². The van der Waals surface area contributed by atoms with E-state index >= 15 is 0 Å². The van der Waals surface area contributed by atoms with Crippen LogP contribution in [0.4, 0.5) is 0 Å². The molecule has 0 unspecified atom stereocenters. The van der Waals surface area contributed by atoms with Crippen molar-refractivity contribution in [1.29, 1.82) is 0 Å². The smallest absolute Gasteiger partial charge is 0.235 e. The molecule has 5 nitrogen and oxygen atoms in total. The van der Waals surface area contributed by atoms with E-state index in [0.29, 0.717) is 6.42 Å². The van der Waals surface area contributed by atoms with E-state index in [1.807, 2.05) is 30.3 Å². The van der Waals surface area contributed by atoms with Crippen LogP contribution in [0.3, 0.4) is 0 Å². The summed E-state index contributed by atoms with van der Waals surface area (Å²) in [5.74, 6) is -0.709. The van der Waals surface area contributed by atoms with Crippen molar-refractivity contribution >= 4 is 15.7 Å². The molecule has 1 amide bonds. The highest BCUT2D eigenvalue weighted by Crippen LogP contribution is 2.06. The number of piperidine rings is 1. The molecule has 2 rings (SSSR count). The summed E-state index contributed by atoms with van der Waals surface area (Å²) < 4.78 is 24.0. The minimum Gasteiger partial charge on any atom is -0.352 e. The van der Waals surface area contributed by atoms with Gasteiger partial charge >= 0.3 is 0 Å². The summed E-state index contributed by atoms with van der Waals surface area (Å²) >= 11 is 0. The highest BCUT2D eigenvalue weighted by molar-refractivity contribution is 7.92. The Bertz CT molecular complexity index is 566. The number of hydrogen-bond donors (Lipinski definition) is 2. The van der Waals surface area contributed by atoms with E-state index in [1.54, 1.807) is 0 Å². The number of carbonyl (C=O) groups is 1. The van der Waals surface area contributed by atoms with Crippen molar-refractivity contribution in [1.82, 2.24) is 10.6 Å². The Morgan fingerprint density at radius 3 is 2.55 bits per heavy atom. The molecule has 1 aromatic rings. The molecule has 1 fully saturated rings. The Labute approximate surface area is 132 Å². The van der Waals surface area contributed by atoms with Gasteiger partial charge in [0.25, 0.3) is 0 Å². The van der Waals surface area contributed by atoms with Crippen LogP contribution in [-0.4, -0.2) is 45.0 Å². The number of carbonyl (C=O) groups excluding carboxylic acids is 1. The SMILES string of the molecule is O=C(CS(=O)(=O)CCCc1ccccc1)NC1CCNCC1. The van der Waals surface area contributed by atoms with E-state index in [9.17, 15) is 13.2 Å². The quantitative estimate of drug-likeness (QED) is 0.781. The lowest BCUT2D eigenvalue weighted by Gasteiger charge is -2.23. The molecule has 0 spiro atoms. The summed E-state index contributed by atoms with van der Waals surface area (Å²) in [6.45, 7) is 1.74. The van der Waals surface area contributed by atoms with Gasteiger partial charge in [0, 0.05) is 6.04 Å². The minimum absolute atomic E-state index is 0.0571. The standard InChI is InChI=1S/C16H24N2O3S/c19-16(18-15-8-10-17-11-9-15)13-22(20,21)12-4-7-14-5-2-1-3-6-14/h1-3,5-6,15,17H,4,7-13H2,(H,18,19). The van der Waals surface area contributed by atoms with Gasteiger partial charge in [0.2, 0.25) is 5.91 Å². The molecule has 0 aliphatic carbocycles. The van der Waals surface area contributed by atoms with Gasteiger partial charge in [-0.15, -0.1) is 0 Å². The number of aryl methyl sites for hydroxylation is 1. The second kappa shape index (κ2) is 8.29. The zero-order valence-corrected chi connectivity index (χ0v) is 13.6. The Balaban J connectivity index is 1.71. The first-order chi connectivity index (χ1) is 10.6. The Morgan fingerprint density at radius 1 is 1.18 bits per heavy atom. The van der Waals surface area contributed by atoms with Crippen molar-refractivity contribution in [2.24, 2.45) is 0 Å². The first-order valence-electron chi connectivity index (χ1n) is 7.79. The van der Waals surface area contributed by atoms with Crippen LogP contribution >= 0.6 is 0 Å². The third-order valence-electron chi connectivity index (χ3n) is 3.82. The Hall–Kier alpha value is -1.40. The summed E-state index contributed by atoms with van der Waals surface area (Å²) in [5.41, 5.74) is 1.12. The predicted molar refractivity (Wildman–Crippen MR) is 87.5 cm³/mol. The summed E-state index contributed by atoms with van der Waals surface area (Å²) in [5, 5.41) is 6.04. The number of amides is 1. The van der Waals surface area contributed by atoms with Crippen molar-refractivity contribution in [3.05, 3.63) is 35.9 Å². The topological polar surface area (TPSA) is 75.3 Å². The first-order valence-corrected chi connectivity index (χ1v) is 9.62. The molecule has 0 atom stereocenters. The fourth-order valence-electron chi connectivity index (χ4n) is 2.65. The van der Waals surface area contributed by atoms with E-state index < -0.39 is 15.6 Å². The number of rotatable bonds is 7. The Kier molecular flexibility index (Phi) is 6.39. The van der Waals surface area contributed by atoms with E-state index in [-0.39, 0.29) is 17.7 Å². The Morgan fingerprint density at radius 2 is 1.86 bits per heavy atom. The van der Waals surface area contributed by atoms with Gasteiger partial charge in [0.1, 0.15) is 5.75 Å². The zero-order chi connectivity index (χ0) is 15.8. The largest absolute Gasteiger partial charge is 0.352 e. The maximum absolute atomic E-state index is 12.0. The molecule has 2 N–H and O–H groups in total. The zero-order valence-electron chi connectivity index (χ0n) is 12.8. The van der Waals surface area contributed by atoms with Gasteiger partial charge in [-0.25, -0.2) is 8.42 Å². The number of sulfone groups is 1. The van der Waals surface area contributed by atoms with Crippen LogP contribution < -0.4 is 10.6 Å². The minimum atomic E-state index is -3.33. The highest BCUT2D eigenvalue weighted by atomic mass is 32.2. The van der Waals surface area contributed by atoms with Crippen molar-refractivity contribution in [3.8, 4) is 0 Å². The lowest BCUT2D eigenvalue weighted by Crippen LogP contribution is -2.44. The lowest BCUT2D eigenvalue weighted by atomic mass is 10.1.